The van der Waals surface area contributed by atoms with Gasteiger partial charge in [0.05, 0.1) is 0 Å². The van der Waals surface area contributed by atoms with Crippen LogP contribution in [0.1, 0.15) is 39.1 Å². The van der Waals surface area contributed by atoms with Crippen LogP contribution in [0.15, 0.2) is 67.0 Å². The highest BCUT2D eigenvalue weighted by atomic mass is 16.5. The molecule has 32 heavy (non-hydrogen) atoms. The van der Waals surface area contributed by atoms with Crippen LogP contribution in [-0.2, 0) is 6.42 Å². The first-order valence-corrected chi connectivity index (χ1v) is 10.9. The molecule has 162 valence electrons. The molecule has 0 N–H and O–H groups in total. The van der Waals surface area contributed by atoms with Crippen molar-refractivity contribution in [3.63, 3.8) is 0 Å². The van der Waals surface area contributed by atoms with Gasteiger partial charge in [0.2, 0.25) is 0 Å². The van der Waals surface area contributed by atoms with Gasteiger partial charge in [-0.3, -0.25) is 9.59 Å². The van der Waals surface area contributed by atoms with E-state index in [0.29, 0.717) is 24.4 Å². The zero-order chi connectivity index (χ0) is 21.9. The SMILES string of the molecule is O=C(c1ccc(Oc2ncccn2)cc1)N1CCC(N2CCc3ccccc3C2=O)CC1. The summed E-state index contributed by atoms with van der Waals surface area (Å²) in [5, 5.41) is 0. The molecule has 0 bridgehead atoms. The van der Waals surface area contributed by atoms with Gasteiger partial charge in [0.15, 0.2) is 0 Å². The Hall–Kier alpha value is -3.74. The Morgan fingerprint density at radius 2 is 1.62 bits per heavy atom. The van der Waals surface area contributed by atoms with E-state index in [1.54, 1.807) is 42.7 Å². The van der Waals surface area contributed by atoms with E-state index in [0.717, 1.165) is 36.9 Å². The number of fused-ring (bicyclic) bond motifs is 1. The fourth-order valence-corrected chi connectivity index (χ4v) is 4.46. The molecule has 7 nitrogen and oxygen atoms in total. The fourth-order valence-electron chi connectivity index (χ4n) is 4.46. The summed E-state index contributed by atoms with van der Waals surface area (Å²) in [6, 6.07) is 17.1. The lowest BCUT2D eigenvalue weighted by atomic mass is 9.94. The number of aromatic nitrogens is 2. The molecule has 2 aliphatic heterocycles. The number of likely N-dealkylation sites (tertiary alicyclic amines) is 1. The molecule has 2 amide bonds. The van der Waals surface area contributed by atoms with Crippen LogP contribution in [0.5, 0.6) is 11.8 Å². The van der Waals surface area contributed by atoms with Crippen molar-refractivity contribution in [3.8, 4) is 11.8 Å². The summed E-state index contributed by atoms with van der Waals surface area (Å²) in [6.45, 7) is 2.04. The number of carbonyl (C=O) groups is 2. The standard InChI is InChI=1S/C25H24N4O3/c30-23(19-6-8-21(9-7-19)32-25-26-13-3-14-27-25)28-15-11-20(12-16-28)29-17-10-18-4-1-2-5-22(18)24(29)31/h1-9,13-14,20H,10-12,15-17H2. The Morgan fingerprint density at radius 1 is 0.906 bits per heavy atom. The Bertz CT molecular complexity index is 1110. The average Bonchev–Trinajstić information content (AvgIpc) is 2.85. The van der Waals surface area contributed by atoms with Crippen LogP contribution < -0.4 is 4.74 Å². The van der Waals surface area contributed by atoms with Crippen LogP contribution >= 0.6 is 0 Å². The lowest BCUT2D eigenvalue weighted by Gasteiger charge is -2.40. The first kappa shape index (κ1) is 20.2. The molecule has 7 heteroatoms. The van der Waals surface area contributed by atoms with Gasteiger partial charge in [0.25, 0.3) is 11.8 Å². The summed E-state index contributed by atoms with van der Waals surface area (Å²) >= 11 is 0. The van der Waals surface area contributed by atoms with Crippen molar-refractivity contribution in [2.75, 3.05) is 19.6 Å². The predicted molar refractivity (Wildman–Crippen MR) is 119 cm³/mol. The molecule has 2 aliphatic rings. The quantitative estimate of drug-likeness (QED) is 0.635. The van der Waals surface area contributed by atoms with Gasteiger partial charge in [-0.25, -0.2) is 9.97 Å². The van der Waals surface area contributed by atoms with E-state index >= 15 is 0 Å². The van der Waals surface area contributed by atoms with Crippen molar-refractivity contribution in [2.45, 2.75) is 25.3 Å². The molecule has 0 atom stereocenters. The van der Waals surface area contributed by atoms with E-state index in [1.807, 2.05) is 34.1 Å². The molecule has 1 aromatic heterocycles. The van der Waals surface area contributed by atoms with Crippen molar-refractivity contribution in [2.24, 2.45) is 0 Å². The van der Waals surface area contributed by atoms with Gasteiger partial charge in [0, 0.05) is 49.2 Å². The van der Waals surface area contributed by atoms with E-state index in [9.17, 15) is 9.59 Å². The third-order valence-electron chi connectivity index (χ3n) is 6.18. The first-order valence-electron chi connectivity index (χ1n) is 10.9. The zero-order valence-electron chi connectivity index (χ0n) is 17.7. The number of carbonyl (C=O) groups excluding carboxylic acids is 2. The second-order valence-electron chi connectivity index (χ2n) is 8.09. The zero-order valence-corrected chi connectivity index (χ0v) is 17.7. The molecular weight excluding hydrogens is 404 g/mol. The lowest BCUT2D eigenvalue weighted by Crippen LogP contribution is -2.50. The predicted octanol–water partition coefficient (Wildman–Crippen LogP) is 3.57. The summed E-state index contributed by atoms with van der Waals surface area (Å²) < 4.78 is 5.59. The summed E-state index contributed by atoms with van der Waals surface area (Å²) in [7, 11) is 0. The minimum Gasteiger partial charge on any atom is -0.424 e. The number of hydrogen-bond acceptors (Lipinski definition) is 5. The molecule has 0 saturated carbocycles. The molecule has 5 rings (SSSR count). The first-order chi connectivity index (χ1) is 15.7. The number of amides is 2. The number of piperidine rings is 1. The molecule has 3 heterocycles. The van der Waals surface area contributed by atoms with Crippen LogP contribution in [0.4, 0.5) is 0 Å². The summed E-state index contributed by atoms with van der Waals surface area (Å²) in [6.07, 6.45) is 5.71. The van der Waals surface area contributed by atoms with Crippen molar-refractivity contribution in [1.82, 2.24) is 19.8 Å². The number of rotatable bonds is 4. The van der Waals surface area contributed by atoms with Gasteiger partial charge >= 0.3 is 6.01 Å². The number of ether oxygens (including phenoxy) is 1. The Kier molecular flexibility index (Phi) is 5.54. The maximum absolute atomic E-state index is 13.0. The van der Waals surface area contributed by atoms with Crippen LogP contribution in [0.3, 0.4) is 0 Å². The van der Waals surface area contributed by atoms with Crippen molar-refractivity contribution in [1.29, 1.82) is 0 Å². The molecule has 0 aliphatic carbocycles. The largest absolute Gasteiger partial charge is 0.424 e. The van der Waals surface area contributed by atoms with Crippen LogP contribution in [0.25, 0.3) is 0 Å². The van der Waals surface area contributed by atoms with Gasteiger partial charge in [-0.15, -0.1) is 0 Å². The monoisotopic (exact) mass is 428 g/mol. The number of benzene rings is 2. The maximum Gasteiger partial charge on any atom is 0.321 e. The Labute approximate surface area is 186 Å². The van der Waals surface area contributed by atoms with E-state index in [2.05, 4.69) is 9.97 Å². The molecule has 1 saturated heterocycles. The summed E-state index contributed by atoms with van der Waals surface area (Å²) in [5.74, 6) is 0.700. The third-order valence-corrected chi connectivity index (χ3v) is 6.18. The highest BCUT2D eigenvalue weighted by Crippen LogP contribution is 2.26. The van der Waals surface area contributed by atoms with Gasteiger partial charge in [-0.05, 0) is 61.2 Å². The fraction of sp³-hybridized carbons (Fsp3) is 0.280. The smallest absolute Gasteiger partial charge is 0.321 e. The van der Waals surface area contributed by atoms with Gasteiger partial charge in [-0.2, -0.15) is 0 Å². The summed E-state index contributed by atoms with van der Waals surface area (Å²) in [5.41, 5.74) is 2.57. The molecular formula is C25H24N4O3. The second kappa shape index (κ2) is 8.78. The average molecular weight is 428 g/mol. The van der Waals surface area contributed by atoms with Crippen molar-refractivity contribution < 1.29 is 14.3 Å². The normalized spacial score (nSPS) is 16.6. The van der Waals surface area contributed by atoms with Crippen LogP contribution in [-0.4, -0.2) is 57.3 Å². The Balaban J connectivity index is 1.18. The van der Waals surface area contributed by atoms with Gasteiger partial charge < -0.3 is 14.5 Å². The highest BCUT2D eigenvalue weighted by Gasteiger charge is 2.33. The van der Waals surface area contributed by atoms with Crippen molar-refractivity contribution in [3.05, 3.63) is 83.7 Å². The van der Waals surface area contributed by atoms with E-state index in [4.69, 9.17) is 4.74 Å². The molecule has 0 unspecified atom stereocenters. The molecule has 0 spiro atoms. The van der Waals surface area contributed by atoms with Gasteiger partial charge in [-0.1, -0.05) is 18.2 Å². The lowest BCUT2D eigenvalue weighted by molar-refractivity contribution is 0.0505. The highest BCUT2D eigenvalue weighted by molar-refractivity contribution is 5.97. The van der Waals surface area contributed by atoms with Crippen LogP contribution in [0.2, 0.25) is 0 Å². The Morgan fingerprint density at radius 3 is 2.38 bits per heavy atom. The maximum atomic E-state index is 13.0. The number of hydrogen-bond donors (Lipinski definition) is 0. The van der Waals surface area contributed by atoms with E-state index in [1.165, 1.54) is 0 Å². The summed E-state index contributed by atoms with van der Waals surface area (Å²) in [4.78, 5) is 37.8. The minimum absolute atomic E-state index is 0.00118. The molecule has 2 aromatic carbocycles. The molecule has 1 fully saturated rings. The van der Waals surface area contributed by atoms with E-state index in [-0.39, 0.29) is 23.9 Å². The topological polar surface area (TPSA) is 75.6 Å². The van der Waals surface area contributed by atoms with Gasteiger partial charge in [0.1, 0.15) is 5.75 Å². The minimum atomic E-state index is 0.00118. The van der Waals surface area contributed by atoms with Crippen LogP contribution in [0, 0.1) is 0 Å². The second-order valence-corrected chi connectivity index (χ2v) is 8.09. The number of nitrogens with zero attached hydrogens (tertiary/aromatic N) is 4. The van der Waals surface area contributed by atoms with Crippen molar-refractivity contribution >= 4 is 11.8 Å². The molecule has 3 aromatic rings. The molecule has 0 radical (unpaired) electrons. The third kappa shape index (κ3) is 4.06. The van der Waals surface area contributed by atoms with E-state index < -0.39 is 0 Å².